The van der Waals surface area contributed by atoms with Gasteiger partial charge in [0, 0.05) is 6.54 Å². The van der Waals surface area contributed by atoms with Gasteiger partial charge < -0.3 is 35.4 Å². The number of hydrogen-bond acceptors (Lipinski definition) is 9. The monoisotopic (exact) mass is 340 g/mol. The summed E-state index contributed by atoms with van der Waals surface area (Å²) in [5.41, 5.74) is 12.9. The lowest BCUT2D eigenvalue weighted by atomic mass is 10.4. The second-order valence-corrected chi connectivity index (χ2v) is 4.81. The molecule has 2 rings (SSSR count). The van der Waals surface area contributed by atoms with Crippen LogP contribution in [0.3, 0.4) is 0 Å². The summed E-state index contributed by atoms with van der Waals surface area (Å²) < 4.78 is 21.5. The first-order valence-electron chi connectivity index (χ1n) is 7.77. The van der Waals surface area contributed by atoms with E-state index in [0.717, 1.165) is 5.52 Å². The minimum Gasteiger partial charge on any atom is -0.378 e. The number of imidazole rings is 1. The second-order valence-electron chi connectivity index (χ2n) is 4.81. The number of nitrogen functional groups attached to an aromatic ring is 1. The molecule has 0 fully saturated rings. The SMILES string of the molecule is NCCOCCOCCOCCOCc1nc(N)nc2nc[nH]c12. The molecule has 0 aliphatic rings. The van der Waals surface area contributed by atoms with E-state index in [-0.39, 0.29) is 5.95 Å². The van der Waals surface area contributed by atoms with E-state index in [1.54, 1.807) is 6.33 Å². The molecule has 0 radical (unpaired) electrons. The van der Waals surface area contributed by atoms with Crippen LogP contribution in [-0.4, -0.2) is 72.7 Å². The normalized spacial score (nSPS) is 11.4. The Labute approximate surface area is 139 Å². The molecule has 0 unspecified atom stereocenters. The van der Waals surface area contributed by atoms with Crippen LogP contribution in [0.1, 0.15) is 5.69 Å². The highest BCUT2D eigenvalue weighted by Crippen LogP contribution is 2.13. The summed E-state index contributed by atoms with van der Waals surface area (Å²) in [5.74, 6) is 0.178. The van der Waals surface area contributed by atoms with Gasteiger partial charge >= 0.3 is 0 Å². The Kier molecular flexibility index (Phi) is 8.35. The zero-order valence-corrected chi connectivity index (χ0v) is 13.6. The highest BCUT2D eigenvalue weighted by atomic mass is 16.6. The lowest BCUT2D eigenvalue weighted by Crippen LogP contribution is -2.14. The van der Waals surface area contributed by atoms with Crippen LogP contribution in [0.5, 0.6) is 0 Å². The number of nitrogens with one attached hydrogen (secondary N) is 1. The number of nitrogens with two attached hydrogens (primary N) is 2. The van der Waals surface area contributed by atoms with Gasteiger partial charge in [0.2, 0.25) is 5.95 Å². The molecule has 0 aliphatic carbocycles. The molecule has 10 nitrogen and oxygen atoms in total. The second kappa shape index (κ2) is 10.8. The molecule has 2 aromatic heterocycles. The first-order chi connectivity index (χ1) is 11.8. The van der Waals surface area contributed by atoms with Crippen molar-refractivity contribution in [3.05, 3.63) is 12.0 Å². The number of nitrogens with zero attached hydrogens (tertiary/aromatic N) is 3. The molecule has 0 aliphatic heterocycles. The van der Waals surface area contributed by atoms with E-state index in [0.29, 0.717) is 70.7 Å². The molecule has 5 N–H and O–H groups in total. The Balaban J connectivity index is 1.50. The van der Waals surface area contributed by atoms with Gasteiger partial charge in [0.1, 0.15) is 5.52 Å². The maximum absolute atomic E-state index is 5.64. The van der Waals surface area contributed by atoms with Crippen molar-refractivity contribution in [3.63, 3.8) is 0 Å². The molecular formula is C14H24N6O4. The van der Waals surface area contributed by atoms with Crippen LogP contribution >= 0.6 is 0 Å². The van der Waals surface area contributed by atoms with E-state index in [2.05, 4.69) is 19.9 Å². The fourth-order valence-corrected chi connectivity index (χ4v) is 1.93. The third kappa shape index (κ3) is 6.34. The average Bonchev–Trinajstić information content (AvgIpc) is 3.04. The van der Waals surface area contributed by atoms with E-state index in [1.165, 1.54) is 0 Å². The summed E-state index contributed by atoms with van der Waals surface area (Å²) in [6.07, 6.45) is 1.55. The standard InChI is InChI=1S/C14H24N6O4/c15-1-2-21-3-4-22-5-6-23-7-8-24-9-11-12-13(18-10-17-12)20-14(16)19-11/h10H,1-9,15H2,(H3,16,17,18,19,20). The van der Waals surface area contributed by atoms with Crippen molar-refractivity contribution in [2.75, 3.05) is 58.5 Å². The highest BCUT2D eigenvalue weighted by Gasteiger charge is 2.08. The number of aromatic nitrogens is 4. The van der Waals surface area contributed by atoms with Crippen LogP contribution in [0.15, 0.2) is 6.33 Å². The van der Waals surface area contributed by atoms with E-state index < -0.39 is 0 Å². The van der Waals surface area contributed by atoms with E-state index >= 15 is 0 Å². The maximum Gasteiger partial charge on any atom is 0.222 e. The first kappa shape index (κ1) is 18.5. The van der Waals surface area contributed by atoms with Crippen molar-refractivity contribution in [1.82, 2.24) is 19.9 Å². The molecule has 0 saturated carbocycles. The smallest absolute Gasteiger partial charge is 0.222 e. The minimum absolute atomic E-state index is 0.178. The summed E-state index contributed by atoms with van der Waals surface area (Å²) in [6.45, 7) is 4.41. The Morgan fingerprint density at radius 3 is 2.17 bits per heavy atom. The highest BCUT2D eigenvalue weighted by molar-refractivity contribution is 5.73. The van der Waals surface area contributed by atoms with Gasteiger partial charge in [-0.1, -0.05) is 0 Å². The third-order valence-corrected chi connectivity index (χ3v) is 2.99. The molecule has 2 aromatic rings. The summed E-state index contributed by atoms with van der Waals surface area (Å²) >= 11 is 0. The van der Waals surface area contributed by atoms with Crippen LogP contribution < -0.4 is 11.5 Å². The number of fused-ring (bicyclic) bond motifs is 1. The quantitative estimate of drug-likeness (QED) is 0.409. The summed E-state index contributed by atoms with van der Waals surface area (Å²) in [7, 11) is 0. The van der Waals surface area contributed by atoms with Crippen LogP contribution in [0, 0.1) is 0 Å². The number of ether oxygens (including phenoxy) is 4. The van der Waals surface area contributed by atoms with Gasteiger partial charge in [0.15, 0.2) is 5.65 Å². The van der Waals surface area contributed by atoms with Gasteiger partial charge in [0.25, 0.3) is 0 Å². The maximum atomic E-state index is 5.64. The summed E-state index contributed by atoms with van der Waals surface area (Å²) in [5, 5.41) is 0. The Bertz CT molecular complexity index is 594. The van der Waals surface area contributed by atoms with Crippen molar-refractivity contribution in [2.24, 2.45) is 5.73 Å². The number of H-pyrrole nitrogens is 1. The topological polar surface area (TPSA) is 143 Å². The molecule has 0 aromatic carbocycles. The lowest BCUT2D eigenvalue weighted by Gasteiger charge is -2.07. The molecule has 134 valence electrons. The molecule has 2 heterocycles. The average molecular weight is 340 g/mol. The van der Waals surface area contributed by atoms with Gasteiger partial charge in [-0.05, 0) is 0 Å². The summed E-state index contributed by atoms with van der Waals surface area (Å²) in [4.78, 5) is 15.2. The van der Waals surface area contributed by atoms with Crippen LogP contribution in [-0.2, 0) is 25.6 Å². The predicted molar refractivity (Wildman–Crippen MR) is 87.3 cm³/mol. The Morgan fingerprint density at radius 2 is 1.50 bits per heavy atom. The van der Waals surface area contributed by atoms with Crippen molar-refractivity contribution >= 4 is 17.1 Å². The number of anilines is 1. The molecule has 0 bridgehead atoms. The van der Waals surface area contributed by atoms with Gasteiger partial charge in [-0.3, -0.25) is 0 Å². The molecule has 0 spiro atoms. The molecule has 10 heteroatoms. The van der Waals surface area contributed by atoms with Gasteiger partial charge in [-0.15, -0.1) is 0 Å². The number of rotatable bonds is 13. The van der Waals surface area contributed by atoms with Crippen molar-refractivity contribution < 1.29 is 18.9 Å². The third-order valence-electron chi connectivity index (χ3n) is 2.99. The van der Waals surface area contributed by atoms with Gasteiger partial charge in [-0.25, -0.2) is 9.97 Å². The van der Waals surface area contributed by atoms with E-state index in [4.69, 9.17) is 30.4 Å². The van der Waals surface area contributed by atoms with Crippen LogP contribution in [0.2, 0.25) is 0 Å². The van der Waals surface area contributed by atoms with Crippen molar-refractivity contribution in [1.29, 1.82) is 0 Å². The zero-order valence-electron chi connectivity index (χ0n) is 13.6. The molecular weight excluding hydrogens is 316 g/mol. The molecule has 0 amide bonds. The first-order valence-corrected chi connectivity index (χ1v) is 7.77. The summed E-state index contributed by atoms with van der Waals surface area (Å²) in [6, 6.07) is 0. The Morgan fingerprint density at radius 1 is 0.875 bits per heavy atom. The van der Waals surface area contributed by atoms with Gasteiger partial charge in [0.05, 0.1) is 64.9 Å². The fraction of sp³-hybridized carbons (Fsp3) is 0.643. The molecule has 0 atom stereocenters. The van der Waals surface area contributed by atoms with Crippen LogP contribution in [0.25, 0.3) is 11.2 Å². The zero-order chi connectivity index (χ0) is 17.0. The largest absolute Gasteiger partial charge is 0.378 e. The lowest BCUT2D eigenvalue weighted by molar-refractivity contribution is -0.00357. The Hall–Kier alpha value is -1.85. The number of hydrogen-bond donors (Lipinski definition) is 3. The van der Waals surface area contributed by atoms with Crippen molar-refractivity contribution in [2.45, 2.75) is 6.61 Å². The van der Waals surface area contributed by atoms with Gasteiger partial charge in [-0.2, -0.15) is 4.98 Å². The van der Waals surface area contributed by atoms with E-state index in [1.807, 2.05) is 0 Å². The molecule has 24 heavy (non-hydrogen) atoms. The fourth-order valence-electron chi connectivity index (χ4n) is 1.93. The molecule has 0 saturated heterocycles. The van der Waals surface area contributed by atoms with E-state index in [9.17, 15) is 0 Å². The van der Waals surface area contributed by atoms with Crippen LogP contribution in [0.4, 0.5) is 5.95 Å². The van der Waals surface area contributed by atoms with Crippen molar-refractivity contribution in [3.8, 4) is 0 Å². The predicted octanol–water partition coefficient (Wildman–Crippen LogP) is -0.540. The minimum atomic E-state index is 0.178. The number of aromatic amines is 1.